The van der Waals surface area contributed by atoms with Gasteiger partial charge in [-0.15, -0.1) is 0 Å². The molecule has 0 aliphatic rings. The maximum Gasteiger partial charge on any atom is 0.433 e. The molecule has 0 saturated heterocycles. The number of hydrogen-bond acceptors (Lipinski definition) is 2. The Kier molecular flexibility index (Phi) is 3.68. The Labute approximate surface area is 86.3 Å². The van der Waals surface area contributed by atoms with Gasteiger partial charge in [0, 0.05) is 12.2 Å². The molecule has 1 heterocycles. The number of pyridine rings is 1. The number of nitrogens with two attached hydrogens (primary N) is 1. The Morgan fingerprint density at radius 1 is 1.40 bits per heavy atom. The molecular weight excluding hydrogens is 205 g/mol. The highest BCUT2D eigenvalue weighted by Gasteiger charge is 2.31. The molecule has 1 unspecified atom stereocenters. The zero-order valence-electron chi connectivity index (χ0n) is 8.38. The summed E-state index contributed by atoms with van der Waals surface area (Å²) >= 11 is 0. The van der Waals surface area contributed by atoms with Gasteiger partial charge in [-0.2, -0.15) is 13.2 Å². The first-order valence-electron chi connectivity index (χ1n) is 4.71. The molecule has 1 aromatic rings. The maximum absolute atomic E-state index is 12.2. The molecule has 2 nitrogen and oxygen atoms in total. The molecule has 84 valence electrons. The predicted molar refractivity (Wildman–Crippen MR) is 51.2 cm³/mol. The Balaban J connectivity index is 2.73. The standard InChI is InChI=1S/C10H13F3N2/c1-2-8(14)5-7-3-4-9(15-6-7)10(11,12)13/h3-4,6,8H,2,5,14H2,1H3. The SMILES string of the molecule is CCC(N)Cc1ccc(C(F)(F)F)nc1. The van der Waals surface area contributed by atoms with Gasteiger partial charge in [0.25, 0.3) is 0 Å². The van der Waals surface area contributed by atoms with E-state index in [0.717, 1.165) is 18.1 Å². The van der Waals surface area contributed by atoms with Crippen molar-refractivity contribution < 1.29 is 13.2 Å². The molecule has 0 bridgehead atoms. The molecule has 0 aliphatic carbocycles. The second kappa shape index (κ2) is 4.61. The van der Waals surface area contributed by atoms with Crippen LogP contribution in [0.2, 0.25) is 0 Å². The third kappa shape index (κ3) is 3.51. The van der Waals surface area contributed by atoms with Crippen molar-refractivity contribution in [2.75, 3.05) is 0 Å². The van der Waals surface area contributed by atoms with Crippen molar-refractivity contribution in [2.24, 2.45) is 5.73 Å². The van der Waals surface area contributed by atoms with Crippen molar-refractivity contribution in [3.05, 3.63) is 29.6 Å². The molecule has 2 N–H and O–H groups in total. The van der Waals surface area contributed by atoms with Gasteiger partial charge in [0.05, 0.1) is 0 Å². The number of hydrogen-bond donors (Lipinski definition) is 1. The first-order valence-corrected chi connectivity index (χ1v) is 4.71. The summed E-state index contributed by atoms with van der Waals surface area (Å²) in [6.07, 6.45) is -1.79. The highest BCUT2D eigenvalue weighted by Crippen LogP contribution is 2.27. The van der Waals surface area contributed by atoms with Crippen molar-refractivity contribution in [2.45, 2.75) is 32.0 Å². The molecule has 0 aromatic carbocycles. The molecule has 0 fully saturated rings. The summed E-state index contributed by atoms with van der Waals surface area (Å²) in [6, 6.07) is 2.38. The Bertz CT molecular complexity index is 305. The van der Waals surface area contributed by atoms with Gasteiger partial charge < -0.3 is 5.73 Å². The second-order valence-electron chi connectivity index (χ2n) is 3.42. The van der Waals surface area contributed by atoms with E-state index in [0.29, 0.717) is 6.42 Å². The molecule has 0 saturated carbocycles. The van der Waals surface area contributed by atoms with E-state index in [1.165, 1.54) is 12.3 Å². The highest BCUT2D eigenvalue weighted by molar-refractivity contribution is 5.16. The van der Waals surface area contributed by atoms with Crippen LogP contribution < -0.4 is 5.73 Å². The fraction of sp³-hybridized carbons (Fsp3) is 0.500. The van der Waals surface area contributed by atoms with E-state index in [1.807, 2.05) is 6.92 Å². The minimum absolute atomic E-state index is 0.0245. The average molecular weight is 218 g/mol. The minimum Gasteiger partial charge on any atom is -0.327 e. The van der Waals surface area contributed by atoms with Gasteiger partial charge >= 0.3 is 6.18 Å². The summed E-state index contributed by atoms with van der Waals surface area (Å²) in [5.74, 6) is 0. The fourth-order valence-electron chi connectivity index (χ4n) is 1.16. The lowest BCUT2D eigenvalue weighted by Crippen LogP contribution is -2.21. The van der Waals surface area contributed by atoms with E-state index in [9.17, 15) is 13.2 Å². The minimum atomic E-state index is -4.37. The molecule has 0 aliphatic heterocycles. The van der Waals surface area contributed by atoms with Crippen LogP contribution in [0, 0.1) is 0 Å². The molecule has 1 atom stereocenters. The van der Waals surface area contributed by atoms with Crippen molar-refractivity contribution >= 4 is 0 Å². The van der Waals surface area contributed by atoms with E-state index >= 15 is 0 Å². The molecule has 0 spiro atoms. The summed E-state index contributed by atoms with van der Waals surface area (Å²) in [7, 11) is 0. The van der Waals surface area contributed by atoms with Gasteiger partial charge in [-0.25, -0.2) is 0 Å². The van der Waals surface area contributed by atoms with Gasteiger partial charge in [0.15, 0.2) is 0 Å². The van der Waals surface area contributed by atoms with Crippen molar-refractivity contribution in [3.63, 3.8) is 0 Å². The van der Waals surface area contributed by atoms with Crippen LogP contribution in [0.15, 0.2) is 18.3 Å². The van der Waals surface area contributed by atoms with Crippen LogP contribution in [-0.4, -0.2) is 11.0 Å². The van der Waals surface area contributed by atoms with E-state index in [1.54, 1.807) is 0 Å². The van der Waals surface area contributed by atoms with Crippen molar-refractivity contribution in [1.29, 1.82) is 0 Å². The third-order valence-corrected chi connectivity index (χ3v) is 2.14. The molecule has 0 radical (unpaired) electrons. The quantitative estimate of drug-likeness (QED) is 0.845. The number of nitrogens with zero attached hydrogens (tertiary/aromatic N) is 1. The average Bonchev–Trinajstić information content (AvgIpc) is 2.17. The number of halogens is 3. The Morgan fingerprint density at radius 2 is 2.07 bits per heavy atom. The second-order valence-corrected chi connectivity index (χ2v) is 3.42. The zero-order valence-corrected chi connectivity index (χ0v) is 8.38. The number of rotatable bonds is 3. The molecule has 5 heteroatoms. The van der Waals surface area contributed by atoms with E-state index in [2.05, 4.69) is 4.98 Å². The van der Waals surface area contributed by atoms with Crippen molar-refractivity contribution in [1.82, 2.24) is 4.98 Å². The summed E-state index contributed by atoms with van der Waals surface area (Å²) in [5.41, 5.74) is 5.55. The van der Waals surface area contributed by atoms with Gasteiger partial charge in [-0.1, -0.05) is 13.0 Å². The van der Waals surface area contributed by atoms with Crippen LogP contribution in [-0.2, 0) is 12.6 Å². The van der Waals surface area contributed by atoms with Crippen LogP contribution in [0.1, 0.15) is 24.6 Å². The summed E-state index contributed by atoms with van der Waals surface area (Å²) in [4.78, 5) is 3.36. The Morgan fingerprint density at radius 3 is 2.47 bits per heavy atom. The number of alkyl halides is 3. The normalized spacial score (nSPS) is 13.9. The predicted octanol–water partition coefficient (Wildman–Crippen LogP) is 2.38. The maximum atomic E-state index is 12.2. The molecule has 1 rings (SSSR count). The fourth-order valence-corrected chi connectivity index (χ4v) is 1.16. The lowest BCUT2D eigenvalue weighted by atomic mass is 10.1. The van der Waals surface area contributed by atoms with E-state index < -0.39 is 11.9 Å². The van der Waals surface area contributed by atoms with Crippen molar-refractivity contribution in [3.8, 4) is 0 Å². The first-order chi connectivity index (χ1) is 6.93. The summed E-state index contributed by atoms with van der Waals surface area (Å²) in [5, 5.41) is 0. The molecule has 1 aromatic heterocycles. The van der Waals surface area contributed by atoms with Gasteiger partial charge in [-0.05, 0) is 24.5 Å². The van der Waals surface area contributed by atoms with Crippen LogP contribution in [0.4, 0.5) is 13.2 Å². The lowest BCUT2D eigenvalue weighted by Gasteiger charge is -2.09. The van der Waals surface area contributed by atoms with Gasteiger partial charge in [0.2, 0.25) is 0 Å². The molecule has 15 heavy (non-hydrogen) atoms. The smallest absolute Gasteiger partial charge is 0.327 e. The highest BCUT2D eigenvalue weighted by atomic mass is 19.4. The zero-order chi connectivity index (χ0) is 11.5. The van der Waals surface area contributed by atoms with Gasteiger partial charge in [0.1, 0.15) is 5.69 Å². The van der Waals surface area contributed by atoms with Crippen LogP contribution >= 0.6 is 0 Å². The van der Waals surface area contributed by atoms with Crippen LogP contribution in [0.3, 0.4) is 0 Å². The van der Waals surface area contributed by atoms with E-state index in [-0.39, 0.29) is 6.04 Å². The van der Waals surface area contributed by atoms with Crippen LogP contribution in [0.25, 0.3) is 0 Å². The largest absolute Gasteiger partial charge is 0.433 e. The monoisotopic (exact) mass is 218 g/mol. The lowest BCUT2D eigenvalue weighted by molar-refractivity contribution is -0.141. The third-order valence-electron chi connectivity index (χ3n) is 2.14. The summed E-state index contributed by atoms with van der Waals surface area (Å²) in [6.45, 7) is 1.93. The van der Waals surface area contributed by atoms with E-state index in [4.69, 9.17) is 5.73 Å². The van der Waals surface area contributed by atoms with Crippen LogP contribution in [0.5, 0.6) is 0 Å². The van der Waals surface area contributed by atoms with Gasteiger partial charge in [-0.3, -0.25) is 4.98 Å². The topological polar surface area (TPSA) is 38.9 Å². The first kappa shape index (κ1) is 12.0. The number of aromatic nitrogens is 1. The molecular formula is C10H13F3N2. The summed E-state index contributed by atoms with van der Waals surface area (Å²) < 4.78 is 36.5. The Hall–Kier alpha value is -1.10. The molecule has 0 amide bonds.